The van der Waals surface area contributed by atoms with E-state index in [9.17, 15) is 9.59 Å². The van der Waals surface area contributed by atoms with E-state index >= 15 is 0 Å². The first-order valence-corrected chi connectivity index (χ1v) is 12.7. The molecule has 0 aliphatic rings. The minimum atomic E-state index is -0.372. The number of nitrogens with one attached hydrogen (secondary N) is 2. The van der Waals surface area contributed by atoms with Gasteiger partial charge in [0.15, 0.2) is 6.61 Å². The monoisotopic (exact) mass is 559 g/mol. The second-order valence-electron chi connectivity index (χ2n) is 7.87. The zero-order valence-corrected chi connectivity index (χ0v) is 22.3. The summed E-state index contributed by atoms with van der Waals surface area (Å²) in [6, 6.07) is 17.7. The molecule has 0 aliphatic heterocycles. The predicted octanol–water partition coefficient (Wildman–Crippen LogP) is 7.34. The summed E-state index contributed by atoms with van der Waals surface area (Å²) in [4.78, 5) is 25.3. The van der Waals surface area contributed by atoms with Gasteiger partial charge < -0.3 is 10.1 Å². The molecule has 0 saturated heterocycles. The molecular formula is C26H20Cl3N3O3S. The third-order valence-corrected chi connectivity index (χ3v) is 7.34. The lowest BCUT2D eigenvalue weighted by atomic mass is 10.1. The fraction of sp³-hybridized carbons (Fsp3) is 0.115. The maximum atomic E-state index is 12.7. The third-order valence-electron chi connectivity index (χ3n) is 5.16. The van der Waals surface area contributed by atoms with E-state index in [4.69, 9.17) is 39.5 Å². The molecule has 184 valence electrons. The topological polar surface area (TPSA) is 79.8 Å². The first-order valence-electron chi connectivity index (χ1n) is 10.7. The summed E-state index contributed by atoms with van der Waals surface area (Å²) in [7, 11) is 0. The maximum absolute atomic E-state index is 12.7. The van der Waals surface area contributed by atoms with Gasteiger partial charge in [-0.15, -0.1) is 11.3 Å². The smallest absolute Gasteiger partial charge is 0.283 e. The van der Waals surface area contributed by atoms with E-state index in [0.29, 0.717) is 37.1 Å². The molecule has 0 radical (unpaired) electrons. The molecule has 0 atom stereocenters. The first kappa shape index (κ1) is 26.0. The van der Waals surface area contributed by atoms with E-state index in [1.807, 2.05) is 25.1 Å². The molecular weight excluding hydrogens is 541 g/mol. The lowest BCUT2D eigenvalue weighted by Crippen LogP contribution is -2.20. The van der Waals surface area contributed by atoms with E-state index in [1.165, 1.54) is 11.3 Å². The summed E-state index contributed by atoms with van der Waals surface area (Å²) in [6.07, 6.45) is 0. The average Bonchev–Trinajstić information content (AvgIpc) is 3.17. The van der Waals surface area contributed by atoms with Gasteiger partial charge in [-0.3, -0.25) is 9.59 Å². The maximum Gasteiger partial charge on any atom is 0.283 e. The Balaban J connectivity index is 1.34. The number of aryl methyl sites for hydroxylation is 1. The van der Waals surface area contributed by atoms with Gasteiger partial charge in [0.25, 0.3) is 11.8 Å². The van der Waals surface area contributed by atoms with Crippen LogP contribution in [0.25, 0.3) is 10.1 Å². The van der Waals surface area contributed by atoms with Crippen molar-refractivity contribution in [3.05, 3.63) is 91.7 Å². The van der Waals surface area contributed by atoms with E-state index in [-0.39, 0.29) is 18.4 Å². The van der Waals surface area contributed by atoms with Crippen molar-refractivity contribution in [1.29, 1.82) is 0 Å². The second kappa shape index (κ2) is 11.3. The van der Waals surface area contributed by atoms with Crippen molar-refractivity contribution in [3.63, 3.8) is 0 Å². The number of hydrogen-bond donors (Lipinski definition) is 2. The standard InChI is InChI=1S/C26H20Cl3N3O3S/c1-14-3-9-19-22(11-14)36-25(24(19)29)26(34)32-31-15(2)16-4-7-18(8-5-16)30-23(33)13-35-21-10-6-17(27)12-20(21)28/h3-12H,13H2,1-2H3,(H,30,33)(H,32,34). The number of thiophene rings is 1. The molecule has 0 bridgehead atoms. The molecule has 0 fully saturated rings. The summed E-state index contributed by atoms with van der Waals surface area (Å²) >= 11 is 19.6. The number of fused-ring (bicyclic) bond motifs is 1. The van der Waals surface area contributed by atoms with Crippen LogP contribution in [-0.4, -0.2) is 24.1 Å². The lowest BCUT2D eigenvalue weighted by Gasteiger charge is -2.09. The van der Waals surface area contributed by atoms with Crippen molar-refractivity contribution in [2.75, 3.05) is 11.9 Å². The van der Waals surface area contributed by atoms with E-state index in [0.717, 1.165) is 21.2 Å². The summed E-state index contributed by atoms with van der Waals surface area (Å²) in [5.74, 6) is -0.350. The van der Waals surface area contributed by atoms with Gasteiger partial charge in [-0.25, -0.2) is 5.43 Å². The van der Waals surface area contributed by atoms with Gasteiger partial charge in [0.05, 0.1) is 15.8 Å². The Hall–Kier alpha value is -3.10. The molecule has 2 amide bonds. The lowest BCUT2D eigenvalue weighted by molar-refractivity contribution is -0.118. The molecule has 4 aromatic rings. The Morgan fingerprint density at radius 1 is 1.00 bits per heavy atom. The van der Waals surface area contributed by atoms with Crippen LogP contribution < -0.4 is 15.5 Å². The zero-order valence-electron chi connectivity index (χ0n) is 19.2. The van der Waals surface area contributed by atoms with Crippen LogP contribution in [0.15, 0.2) is 65.8 Å². The van der Waals surface area contributed by atoms with Crippen LogP contribution in [0.1, 0.15) is 27.7 Å². The highest BCUT2D eigenvalue weighted by Crippen LogP contribution is 2.35. The number of hydrogen-bond acceptors (Lipinski definition) is 5. The minimum Gasteiger partial charge on any atom is -0.482 e. The number of anilines is 1. The predicted molar refractivity (Wildman–Crippen MR) is 148 cm³/mol. The van der Waals surface area contributed by atoms with Crippen molar-refractivity contribution in [2.24, 2.45) is 5.10 Å². The van der Waals surface area contributed by atoms with Crippen molar-refractivity contribution >= 4 is 79.4 Å². The van der Waals surface area contributed by atoms with Crippen molar-refractivity contribution in [2.45, 2.75) is 13.8 Å². The van der Waals surface area contributed by atoms with Crippen LogP contribution in [0.5, 0.6) is 5.75 Å². The molecule has 1 aromatic heterocycles. The molecule has 0 saturated carbocycles. The average molecular weight is 561 g/mol. The molecule has 36 heavy (non-hydrogen) atoms. The van der Waals surface area contributed by atoms with Gasteiger partial charge in [0, 0.05) is 20.8 Å². The summed E-state index contributed by atoms with van der Waals surface area (Å²) in [5, 5.41) is 9.02. The van der Waals surface area contributed by atoms with Gasteiger partial charge in [-0.2, -0.15) is 5.10 Å². The van der Waals surface area contributed by atoms with Gasteiger partial charge >= 0.3 is 0 Å². The van der Waals surface area contributed by atoms with Crippen molar-refractivity contribution < 1.29 is 14.3 Å². The van der Waals surface area contributed by atoms with Crippen LogP contribution in [0, 0.1) is 6.92 Å². The number of carbonyl (C=O) groups is 2. The number of rotatable bonds is 7. The van der Waals surface area contributed by atoms with Crippen LogP contribution in [0.2, 0.25) is 15.1 Å². The SMILES string of the molecule is CC(=NNC(=O)c1sc2cc(C)ccc2c1Cl)c1ccc(NC(=O)COc2ccc(Cl)cc2Cl)cc1. The first-order chi connectivity index (χ1) is 17.2. The molecule has 1 heterocycles. The van der Waals surface area contributed by atoms with Gasteiger partial charge in [-0.05, 0) is 61.4 Å². The van der Waals surface area contributed by atoms with Gasteiger partial charge in [0.2, 0.25) is 0 Å². The van der Waals surface area contributed by atoms with Crippen molar-refractivity contribution in [3.8, 4) is 5.75 Å². The number of hydrazone groups is 1. The van der Waals surface area contributed by atoms with Gasteiger partial charge in [-0.1, -0.05) is 59.1 Å². The Morgan fingerprint density at radius 2 is 1.75 bits per heavy atom. The fourth-order valence-electron chi connectivity index (χ4n) is 3.30. The molecule has 2 N–H and O–H groups in total. The van der Waals surface area contributed by atoms with Crippen molar-refractivity contribution in [1.82, 2.24) is 5.43 Å². The number of benzene rings is 3. The fourth-order valence-corrected chi connectivity index (χ4v) is 5.26. The molecule has 6 nitrogen and oxygen atoms in total. The Kier molecular flexibility index (Phi) is 8.16. The van der Waals surface area contributed by atoms with E-state index in [2.05, 4.69) is 15.8 Å². The highest BCUT2D eigenvalue weighted by atomic mass is 35.5. The zero-order chi connectivity index (χ0) is 25.8. The Morgan fingerprint density at radius 3 is 2.47 bits per heavy atom. The minimum absolute atomic E-state index is 0.213. The second-order valence-corrected chi connectivity index (χ2v) is 10.1. The number of carbonyl (C=O) groups excluding carboxylic acids is 2. The van der Waals surface area contributed by atoms with Crippen LogP contribution in [0.3, 0.4) is 0 Å². The third kappa shape index (κ3) is 6.17. The Bertz CT molecular complexity index is 1480. The summed E-state index contributed by atoms with van der Waals surface area (Å²) < 4.78 is 6.39. The molecule has 4 rings (SSSR count). The summed E-state index contributed by atoms with van der Waals surface area (Å²) in [6.45, 7) is 3.55. The Labute approximate surface area is 226 Å². The highest BCUT2D eigenvalue weighted by Gasteiger charge is 2.17. The molecule has 0 aliphatic carbocycles. The number of nitrogens with zero attached hydrogens (tertiary/aromatic N) is 1. The highest BCUT2D eigenvalue weighted by molar-refractivity contribution is 7.21. The molecule has 0 unspecified atom stereocenters. The number of amides is 2. The van der Waals surface area contributed by atoms with Crippen LogP contribution in [-0.2, 0) is 4.79 Å². The quantitative estimate of drug-likeness (QED) is 0.183. The van der Waals surface area contributed by atoms with E-state index < -0.39 is 0 Å². The molecule has 0 spiro atoms. The largest absolute Gasteiger partial charge is 0.482 e. The van der Waals surface area contributed by atoms with Crippen LogP contribution in [0.4, 0.5) is 5.69 Å². The molecule has 3 aromatic carbocycles. The summed E-state index contributed by atoms with van der Waals surface area (Å²) in [5.41, 5.74) is 5.62. The van der Waals surface area contributed by atoms with Gasteiger partial charge in [0.1, 0.15) is 10.6 Å². The number of halogens is 3. The normalized spacial score (nSPS) is 11.4. The van der Waals surface area contributed by atoms with Crippen LogP contribution >= 0.6 is 46.1 Å². The van der Waals surface area contributed by atoms with E-state index in [1.54, 1.807) is 49.4 Å². The number of ether oxygens (including phenoxy) is 1. The molecule has 10 heteroatoms.